The van der Waals surface area contributed by atoms with E-state index in [1.807, 2.05) is 22.7 Å². The molecular formula is C46H29NS2. The van der Waals surface area contributed by atoms with E-state index in [1.165, 1.54) is 79.1 Å². The second-order valence-corrected chi connectivity index (χ2v) is 14.7. The van der Waals surface area contributed by atoms with Gasteiger partial charge in [0, 0.05) is 51.7 Å². The van der Waals surface area contributed by atoms with Crippen molar-refractivity contribution in [1.82, 2.24) is 0 Å². The predicted octanol–water partition coefficient (Wildman–Crippen LogP) is 14.4. The van der Waals surface area contributed by atoms with Crippen LogP contribution in [0.3, 0.4) is 0 Å². The maximum Gasteiger partial charge on any atom is 0.0554 e. The van der Waals surface area contributed by atoms with Crippen LogP contribution in [-0.4, -0.2) is 0 Å². The van der Waals surface area contributed by atoms with E-state index in [2.05, 4.69) is 181 Å². The zero-order chi connectivity index (χ0) is 32.3. The minimum absolute atomic E-state index is 1.13. The highest BCUT2D eigenvalue weighted by atomic mass is 32.1. The smallest absolute Gasteiger partial charge is 0.0554 e. The molecule has 0 amide bonds. The Morgan fingerprint density at radius 2 is 1.02 bits per heavy atom. The van der Waals surface area contributed by atoms with Gasteiger partial charge in [0.2, 0.25) is 0 Å². The van der Waals surface area contributed by atoms with Crippen molar-refractivity contribution in [2.45, 2.75) is 0 Å². The van der Waals surface area contributed by atoms with Gasteiger partial charge in [-0.25, -0.2) is 0 Å². The molecule has 0 N–H and O–H groups in total. The van der Waals surface area contributed by atoms with Gasteiger partial charge in [0.1, 0.15) is 0 Å². The molecule has 0 fully saturated rings. The minimum atomic E-state index is 1.13. The third-order valence-corrected chi connectivity index (χ3v) is 12.0. The first-order valence-corrected chi connectivity index (χ1v) is 18.2. The number of benzene rings is 8. The van der Waals surface area contributed by atoms with Gasteiger partial charge in [-0.1, -0.05) is 121 Å². The standard InChI is InChI=1S/C46H29NS2/c1-2-11-32-28-34(23-22-30(32)10-1)33-12-7-13-36(29-33)47(41-18-9-21-44-45(41)40-15-4-6-20-43(40)48-44)35-26-24-31(25-27-35)37-16-8-17-39-38-14-3-5-19-42(38)49-46(37)39/h1-29H. The molecule has 0 saturated carbocycles. The number of thiophene rings is 2. The van der Waals surface area contributed by atoms with E-state index < -0.39 is 0 Å². The van der Waals surface area contributed by atoms with Crippen molar-refractivity contribution in [2.75, 3.05) is 4.90 Å². The summed E-state index contributed by atoms with van der Waals surface area (Å²) in [6.45, 7) is 0. The van der Waals surface area contributed by atoms with Gasteiger partial charge in [0.25, 0.3) is 0 Å². The quantitative estimate of drug-likeness (QED) is 0.178. The van der Waals surface area contributed by atoms with E-state index in [1.54, 1.807) is 0 Å². The van der Waals surface area contributed by atoms with Crippen molar-refractivity contribution in [3.63, 3.8) is 0 Å². The summed E-state index contributed by atoms with van der Waals surface area (Å²) in [6, 6.07) is 64.4. The lowest BCUT2D eigenvalue weighted by molar-refractivity contribution is 1.30. The summed E-state index contributed by atoms with van der Waals surface area (Å²) < 4.78 is 5.27. The summed E-state index contributed by atoms with van der Waals surface area (Å²) in [5.74, 6) is 0. The molecule has 0 spiro atoms. The highest BCUT2D eigenvalue weighted by Crippen LogP contribution is 2.46. The molecule has 3 heteroatoms. The summed E-state index contributed by atoms with van der Waals surface area (Å²) in [7, 11) is 0. The molecule has 10 aromatic rings. The van der Waals surface area contributed by atoms with Gasteiger partial charge in [-0.05, 0) is 87.6 Å². The Bertz CT molecular complexity index is 2840. The molecule has 10 rings (SSSR count). The first-order valence-electron chi connectivity index (χ1n) is 16.6. The molecule has 8 aromatic carbocycles. The van der Waals surface area contributed by atoms with Gasteiger partial charge in [0.05, 0.1) is 5.69 Å². The zero-order valence-corrected chi connectivity index (χ0v) is 28.1. The molecule has 0 atom stereocenters. The third-order valence-electron chi connectivity index (χ3n) is 9.65. The van der Waals surface area contributed by atoms with E-state index in [4.69, 9.17) is 0 Å². The highest BCUT2D eigenvalue weighted by Gasteiger charge is 2.19. The number of anilines is 3. The van der Waals surface area contributed by atoms with Crippen molar-refractivity contribution in [2.24, 2.45) is 0 Å². The van der Waals surface area contributed by atoms with Crippen LogP contribution in [0.5, 0.6) is 0 Å². The molecule has 2 heterocycles. The molecule has 0 aliphatic carbocycles. The van der Waals surface area contributed by atoms with Crippen LogP contribution < -0.4 is 4.90 Å². The molecule has 0 radical (unpaired) electrons. The summed E-state index contributed by atoms with van der Waals surface area (Å²) in [4.78, 5) is 2.44. The molecule has 0 unspecified atom stereocenters. The molecule has 0 aliphatic rings. The zero-order valence-electron chi connectivity index (χ0n) is 26.5. The lowest BCUT2D eigenvalue weighted by Crippen LogP contribution is -2.10. The van der Waals surface area contributed by atoms with E-state index in [0.29, 0.717) is 0 Å². The van der Waals surface area contributed by atoms with Crippen LogP contribution in [0.1, 0.15) is 0 Å². The largest absolute Gasteiger partial charge is 0.310 e. The summed E-state index contributed by atoms with van der Waals surface area (Å²) >= 11 is 3.74. The lowest BCUT2D eigenvalue weighted by Gasteiger charge is -2.27. The maximum absolute atomic E-state index is 2.44. The van der Waals surface area contributed by atoms with Crippen molar-refractivity contribution in [3.05, 3.63) is 176 Å². The van der Waals surface area contributed by atoms with Crippen molar-refractivity contribution < 1.29 is 0 Å². The van der Waals surface area contributed by atoms with Crippen LogP contribution in [0, 0.1) is 0 Å². The first-order chi connectivity index (χ1) is 24.3. The normalized spacial score (nSPS) is 11.7. The Labute approximate surface area is 292 Å². The second kappa shape index (κ2) is 11.5. The molecule has 49 heavy (non-hydrogen) atoms. The van der Waals surface area contributed by atoms with Crippen LogP contribution in [0.2, 0.25) is 0 Å². The van der Waals surface area contributed by atoms with Crippen molar-refractivity contribution in [3.8, 4) is 22.3 Å². The fourth-order valence-corrected chi connectivity index (χ4v) is 9.69. The summed E-state index contributed by atoms with van der Waals surface area (Å²) in [6.07, 6.45) is 0. The molecule has 1 nitrogen and oxygen atoms in total. The van der Waals surface area contributed by atoms with Gasteiger partial charge in [0.15, 0.2) is 0 Å². The van der Waals surface area contributed by atoms with Gasteiger partial charge >= 0.3 is 0 Å². The molecule has 0 bridgehead atoms. The molecular weight excluding hydrogens is 631 g/mol. The fourth-order valence-electron chi connectivity index (χ4n) is 7.33. The molecule has 0 aliphatic heterocycles. The van der Waals surface area contributed by atoms with E-state index >= 15 is 0 Å². The Morgan fingerprint density at radius 1 is 0.367 bits per heavy atom. The predicted molar refractivity (Wildman–Crippen MR) is 215 cm³/mol. The highest BCUT2D eigenvalue weighted by molar-refractivity contribution is 7.26. The first kappa shape index (κ1) is 28.3. The molecule has 230 valence electrons. The van der Waals surface area contributed by atoms with Crippen LogP contribution in [0.4, 0.5) is 17.1 Å². The molecule has 0 saturated heterocycles. The number of fused-ring (bicyclic) bond motifs is 7. The van der Waals surface area contributed by atoms with E-state index in [0.717, 1.165) is 11.4 Å². The van der Waals surface area contributed by atoms with Gasteiger partial charge in [-0.2, -0.15) is 0 Å². The second-order valence-electron chi connectivity index (χ2n) is 12.5. The average Bonchev–Trinajstić information content (AvgIpc) is 3.74. The van der Waals surface area contributed by atoms with Crippen LogP contribution in [0.25, 0.3) is 73.4 Å². The molecule has 2 aromatic heterocycles. The summed E-state index contributed by atoms with van der Waals surface area (Å²) in [5.41, 5.74) is 8.37. The minimum Gasteiger partial charge on any atom is -0.310 e. The Kier molecular flexibility index (Phi) is 6.61. The van der Waals surface area contributed by atoms with E-state index in [-0.39, 0.29) is 0 Å². The monoisotopic (exact) mass is 659 g/mol. The van der Waals surface area contributed by atoms with Gasteiger partial charge in [-0.15, -0.1) is 22.7 Å². The third kappa shape index (κ3) is 4.74. The van der Waals surface area contributed by atoms with Crippen molar-refractivity contribution in [1.29, 1.82) is 0 Å². The van der Waals surface area contributed by atoms with Crippen LogP contribution in [0.15, 0.2) is 176 Å². The Hall–Kier alpha value is -5.74. The van der Waals surface area contributed by atoms with Gasteiger partial charge < -0.3 is 4.90 Å². The van der Waals surface area contributed by atoms with Gasteiger partial charge in [-0.3, -0.25) is 0 Å². The number of rotatable bonds is 5. The topological polar surface area (TPSA) is 3.24 Å². The summed E-state index contributed by atoms with van der Waals surface area (Å²) in [5, 5.41) is 7.74. The fraction of sp³-hybridized carbons (Fsp3) is 0. The SMILES string of the molecule is c1cc(-c2ccc3ccccc3c2)cc(N(c2ccc(-c3cccc4c3sc3ccccc34)cc2)c2cccc3sc4ccccc4c23)c1. The number of hydrogen-bond donors (Lipinski definition) is 0. The average molecular weight is 660 g/mol. The lowest BCUT2D eigenvalue weighted by atomic mass is 9.99. The number of hydrogen-bond acceptors (Lipinski definition) is 3. The van der Waals surface area contributed by atoms with Crippen LogP contribution >= 0.6 is 22.7 Å². The van der Waals surface area contributed by atoms with Crippen LogP contribution in [-0.2, 0) is 0 Å². The van der Waals surface area contributed by atoms with Crippen molar-refractivity contribution >= 4 is 90.9 Å². The Morgan fingerprint density at radius 3 is 1.90 bits per heavy atom. The number of nitrogens with zero attached hydrogens (tertiary/aromatic N) is 1. The van der Waals surface area contributed by atoms with E-state index in [9.17, 15) is 0 Å². The Balaban J connectivity index is 1.15. The maximum atomic E-state index is 2.44.